The number of hydrogen-bond acceptors (Lipinski definition) is 3. The van der Waals surface area contributed by atoms with Crippen molar-refractivity contribution in [3.63, 3.8) is 0 Å². The van der Waals surface area contributed by atoms with Gasteiger partial charge in [0.05, 0.1) is 13.2 Å². The molecule has 1 aliphatic rings. The molecule has 176 valence electrons. The van der Waals surface area contributed by atoms with Gasteiger partial charge in [-0.15, -0.1) is 0 Å². The van der Waals surface area contributed by atoms with E-state index in [0.717, 1.165) is 22.3 Å². The van der Waals surface area contributed by atoms with Crippen LogP contribution < -0.4 is 0 Å². The Morgan fingerprint density at radius 3 is 1.60 bits per heavy atom. The summed E-state index contributed by atoms with van der Waals surface area (Å²) in [6.07, 6.45) is 0.789. The van der Waals surface area contributed by atoms with Gasteiger partial charge in [-0.2, -0.15) is 0 Å². The Morgan fingerprint density at radius 1 is 0.657 bits per heavy atom. The van der Waals surface area contributed by atoms with Gasteiger partial charge >= 0.3 is 0 Å². The summed E-state index contributed by atoms with van der Waals surface area (Å²) < 4.78 is 12.9. The third kappa shape index (κ3) is 5.12. The zero-order valence-corrected chi connectivity index (χ0v) is 19.8. The zero-order chi connectivity index (χ0) is 23.9. The summed E-state index contributed by atoms with van der Waals surface area (Å²) in [6, 6.07) is 41.1. The second-order valence-electron chi connectivity index (χ2n) is 9.15. The van der Waals surface area contributed by atoms with Gasteiger partial charge in [0.15, 0.2) is 5.78 Å². The van der Waals surface area contributed by atoms with Gasteiger partial charge in [0.1, 0.15) is 11.7 Å². The van der Waals surface area contributed by atoms with Crippen LogP contribution in [0, 0.1) is 5.92 Å². The van der Waals surface area contributed by atoms with E-state index < -0.39 is 5.60 Å². The van der Waals surface area contributed by atoms with Crippen LogP contribution in [0.2, 0.25) is 0 Å². The maximum Gasteiger partial charge on any atom is 0.161 e. The molecule has 0 spiro atoms. The number of carbonyl (C=O) groups is 1. The standard InChI is InChI=1S/C32H30O3/c33-30-21-26(22-31(30)34-23-25-13-5-1-6-14-25)24-35-32(27-15-7-2-8-16-27,28-17-9-3-10-18-28)29-19-11-4-12-20-29/h1-20,26,31H,21-24H2/t26-,31+/m1/s1. The van der Waals surface area contributed by atoms with E-state index in [1.165, 1.54) is 0 Å². The molecule has 4 aromatic rings. The molecule has 0 bridgehead atoms. The van der Waals surface area contributed by atoms with Crippen LogP contribution in [-0.2, 0) is 26.5 Å². The lowest BCUT2D eigenvalue weighted by atomic mass is 9.80. The molecular weight excluding hydrogens is 432 g/mol. The zero-order valence-electron chi connectivity index (χ0n) is 19.8. The van der Waals surface area contributed by atoms with Gasteiger partial charge in [-0.05, 0) is 34.6 Å². The van der Waals surface area contributed by atoms with Crippen molar-refractivity contribution in [2.75, 3.05) is 6.61 Å². The van der Waals surface area contributed by atoms with Crippen LogP contribution in [0.5, 0.6) is 0 Å². The number of benzene rings is 4. The van der Waals surface area contributed by atoms with Crippen molar-refractivity contribution >= 4 is 5.78 Å². The third-order valence-corrected chi connectivity index (χ3v) is 6.77. The molecule has 0 N–H and O–H groups in total. The Hall–Kier alpha value is -3.53. The molecule has 5 rings (SSSR count). The average molecular weight is 463 g/mol. The van der Waals surface area contributed by atoms with Gasteiger partial charge in [-0.25, -0.2) is 0 Å². The summed E-state index contributed by atoms with van der Waals surface area (Å²) >= 11 is 0. The van der Waals surface area contributed by atoms with E-state index in [1.54, 1.807) is 0 Å². The van der Waals surface area contributed by atoms with E-state index in [-0.39, 0.29) is 17.8 Å². The fourth-order valence-corrected chi connectivity index (χ4v) is 5.00. The molecule has 35 heavy (non-hydrogen) atoms. The van der Waals surface area contributed by atoms with E-state index in [0.29, 0.717) is 26.1 Å². The lowest BCUT2D eigenvalue weighted by Crippen LogP contribution is -2.34. The van der Waals surface area contributed by atoms with E-state index >= 15 is 0 Å². The van der Waals surface area contributed by atoms with E-state index in [4.69, 9.17) is 9.47 Å². The summed E-state index contributed by atoms with van der Waals surface area (Å²) in [6.45, 7) is 0.919. The van der Waals surface area contributed by atoms with Crippen LogP contribution in [0.25, 0.3) is 0 Å². The molecule has 0 amide bonds. The molecular formula is C32H30O3. The highest BCUT2D eigenvalue weighted by Crippen LogP contribution is 2.41. The minimum absolute atomic E-state index is 0.110. The quantitative estimate of drug-likeness (QED) is 0.264. The Kier molecular flexibility index (Phi) is 7.17. The maximum atomic E-state index is 12.8. The smallest absolute Gasteiger partial charge is 0.161 e. The lowest BCUT2D eigenvalue weighted by Gasteiger charge is -2.36. The second kappa shape index (κ2) is 10.8. The highest BCUT2D eigenvalue weighted by Gasteiger charge is 2.40. The summed E-state index contributed by atoms with van der Waals surface area (Å²) in [5.74, 6) is 0.276. The Morgan fingerprint density at radius 2 is 1.11 bits per heavy atom. The first-order valence-electron chi connectivity index (χ1n) is 12.2. The fraction of sp³-hybridized carbons (Fsp3) is 0.219. The molecule has 0 radical (unpaired) electrons. The molecule has 1 fully saturated rings. The van der Waals surface area contributed by atoms with Crippen LogP contribution in [0.3, 0.4) is 0 Å². The minimum atomic E-state index is -0.768. The third-order valence-electron chi connectivity index (χ3n) is 6.77. The predicted octanol–water partition coefficient (Wildman–Crippen LogP) is 6.56. The van der Waals surface area contributed by atoms with Gasteiger partial charge in [-0.1, -0.05) is 121 Å². The van der Waals surface area contributed by atoms with Crippen molar-refractivity contribution in [1.82, 2.24) is 0 Å². The minimum Gasteiger partial charge on any atom is -0.366 e. The number of ketones is 1. The highest BCUT2D eigenvalue weighted by atomic mass is 16.5. The van der Waals surface area contributed by atoms with Gasteiger partial charge in [-0.3, -0.25) is 4.79 Å². The topological polar surface area (TPSA) is 35.5 Å². The lowest BCUT2D eigenvalue weighted by molar-refractivity contribution is -0.128. The largest absolute Gasteiger partial charge is 0.366 e. The van der Waals surface area contributed by atoms with Crippen molar-refractivity contribution in [2.45, 2.75) is 31.2 Å². The summed E-state index contributed by atoms with van der Waals surface area (Å²) in [5.41, 5.74) is 3.52. The molecule has 0 aliphatic heterocycles. The first kappa shape index (κ1) is 23.2. The molecule has 0 unspecified atom stereocenters. The molecule has 2 atom stereocenters. The highest BCUT2D eigenvalue weighted by molar-refractivity contribution is 5.85. The predicted molar refractivity (Wildman–Crippen MR) is 138 cm³/mol. The van der Waals surface area contributed by atoms with Crippen LogP contribution in [0.15, 0.2) is 121 Å². The average Bonchev–Trinajstić information content (AvgIpc) is 3.29. The first-order chi connectivity index (χ1) is 17.3. The summed E-state index contributed by atoms with van der Waals surface area (Å²) in [5, 5.41) is 0. The van der Waals surface area contributed by atoms with Crippen LogP contribution in [-0.4, -0.2) is 18.5 Å². The fourth-order valence-electron chi connectivity index (χ4n) is 5.00. The number of carbonyl (C=O) groups excluding carboxylic acids is 1. The second-order valence-corrected chi connectivity index (χ2v) is 9.15. The van der Waals surface area contributed by atoms with Gasteiger partial charge in [0.2, 0.25) is 0 Å². The van der Waals surface area contributed by atoms with E-state index in [2.05, 4.69) is 36.4 Å². The Bertz CT molecular complexity index is 1110. The number of ether oxygens (including phenoxy) is 2. The van der Waals surface area contributed by atoms with Gasteiger partial charge < -0.3 is 9.47 Å². The number of hydrogen-bond donors (Lipinski definition) is 0. The summed E-state index contributed by atoms with van der Waals surface area (Å²) in [7, 11) is 0. The molecule has 0 saturated heterocycles. The van der Waals surface area contributed by atoms with Crippen molar-refractivity contribution in [3.05, 3.63) is 144 Å². The van der Waals surface area contributed by atoms with Crippen molar-refractivity contribution in [1.29, 1.82) is 0 Å². The summed E-state index contributed by atoms with van der Waals surface area (Å²) in [4.78, 5) is 12.8. The molecule has 0 aromatic heterocycles. The maximum absolute atomic E-state index is 12.8. The number of rotatable bonds is 9. The molecule has 3 nitrogen and oxygen atoms in total. The van der Waals surface area contributed by atoms with Crippen LogP contribution in [0.1, 0.15) is 35.1 Å². The Labute approximate surface area is 207 Å². The molecule has 3 heteroatoms. The van der Waals surface area contributed by atoms with Gasteiger partial charge in [0.25, 0.3) is 0 Å². The van der Waals surface area contributed by atoms with Crippen molar-refractivity contribution in [3.8, 4) is 0 Å². The normalized spacial score (nSPS) is 18.0. The monoisotopic (exact) mass is 462 g/mol. The van der Waals surface area contributed by atoms with E-state index in [9.17, 15) is 4.79 Å². The molecule has 0 heterocycles. The Balaban J connectivity index is 1.39. The van der Waals surface area contributed by atoms with Crippen molar-refractivity contribution < 1.29 is 14.3 Å². The SMILES string of the molecule is O=C1C[C@@H](COC(c2ccccc2)(c2ccccc2)c2ccccc2)C[C@@H]1OCc1ccccc1. The van der Waals surface area contributed by atoms with E-state index in [1.807, 2.05) is 84.9 Å². The first-order valence-corrected chi connectivity index (χ1v) is 12.2. The number of Topliss-reactive ketones (excluding diaryl/α,β-unsaturated/α-hetero) is 1. The van der Waals surface area contributed by atoms with Crippen molar-refractivity contribution in [2.24, 2.45) is 5.92 Å². The van der Waals surface area contributed by atoms with Gasteiger partial charge in [0, 0.05) is 6.42 Å². The van der Waals surface area contributed by atoms with Crippen LogP contribution >= 0.6 is 0 Å². The van der Waals surface area contributed by atoms with Crippen LogP contribution in [0.4, 0.5) is 0 Å². The molecule has 1 saturated carbocycles. The molecule has 1 aliphatic carbocycles. The molecule has 4 aromatic carbocycles.